The summed E-state index contributed by atoms with van der Waals surface area (Å²) < 4.78 is 6.10. The zero-order valence-corrected chi connectivity index (χ0v) is 22.2. The van der Waals surface area contributed by atoms with Gasteiger partial charge in [0.1, 0.15) is 5.75 Å². The lowest BCUT2D eigenvalue weighted by Crippen LogP contribution is -2.59. The van der Waals surface area contributed by atoms with E-state index in [-0.39, 0.29) is 34.6 Å². The van der Waals surface area contributed by atoms with Crippen LogP contribution in [0.1, 0.15) is 52.4 Å². The fourth-order valence-electron chi connectivity index (χ4n) is 8.66. The molecule has 1 N–H and O–H groups in total. The number of carbonyl (C=O) groups is 2. The molecule has 2 unspecified atom stereocenters. The van der Waals surface area contributed by atoms with Crippen molar-refractivity contribution in [3.63, 3.8) is 0 Å². The number of amides is 2. The summed E-state index contributed by atoms with van der Waals surface area (Å²) in [6.45, 7) is 4.75. The number of nitrogens with one attached hydrogen (secondary N) is 1. The van der Waals surface area contributed by atoms with E-state index in [1.165, 1.54) is 0 Å². The summed E-state index contributed by atoms with van der Waals surface area (Å²) in [6, 6.07) is 17.7. The quantitative estimate of drug-likeness (QED) is 0.512. The second-order valence-corrected chi connectivity index (χ2v) is 12.2. The molecule has 5 heteroatoms. The van der Waals surface area contributed by atoms with E-state index in [0.29, 0.717) is 23.5 Å². The van der Waals surface area contributed by atoms with E-state index in [9.17, 15) is 9.59 Å². The Morgan fingerprint density at radius 1 is 0.946 bits per heavy atom. The Hall–Kier alpha value is -3.08. The van der Waals surface area contributed by atoms with Crippen LogP contribution < -0.4 is 10.1 Å². The van der Waals surface area contributed by atoms with Crippen LogP contribution in [0.25, 0.3) is 0 Å². The van der Waals surface area contributed by atoms with Crippen LogP contribution in [0.4, 0.5) is 5.69 Å². The number of carbonyl (C=O) groups excluding carboxylic acids is 2. The molecule has 2 aromatic rings. The third kappa shape index (κ3) is 3.89. The number of fused-ring (bicyclic) bond motifs is 5. The maximum Gasteiger partial charge on any atom is 0.246 e. The standard InChI is InChI=1S/C32H38N2O3/c1-31-19-17-24-22(13-16-28-32(24,2)20-18-29(35)34(28)3)23(31)14-15-25(31)30(36)33-26-11-7-8-12-27(26)37-21-9-5-4-6-10-21/h4-12,18,20,22-25,28H,13-17,19H2,1-3H3,(H,33,36)/t22-,23-,24+,25?,28?,31-,32+/m0/s1. The van der Waals surface area contributed by atoms with Crippen LogP contribution in [0.3, 0.4) is 0 Å². The molecule has 3 aliphatic carbocycles. The van der Waals surface area contributed by atoms with E-state index in [1.807, 2.05) is 66.5 Å². The molecule has 1 heterocycles. The zero-order valence-electron chi connectivity index (χ0n) is 22.2. The molecule has 0 spiro atoms. The number of nitrogens with zero attached hydrogens (tertiary/aromatic N) is 1. The van der Waals surface area contributed by atoms with Crippen LogP contribution in [0.15, 0.2) is 66.7 Å². The smallest absolute Gasteiger partial charge is 0.246 e. The van der Waals surface area contributed by atoms with Crippen molar-refractivity contribution in [1.29, 1.82) is 0 Å². The number of ether oxygens (including phenoxy) is 1. The van der Waals surface area contributed by atoms with E-state index in [1.54, 1.807) is 6.08 Å². The minimum atomic E-state index is -0.0000830. The van der Waals surface area contributed by atoms with Gasteiger partial charge in [-0.15, -0.1) is 0 Å². The minimum absolute atomic E-state index is 0.0000830. The number of hydrogen-bond acceptors (Lipinski definition) is 3. The first-order chi connectivity index (χ1) is 17.8. The zero-order chi connectivity index (χ0) is 25.8. The number of likely N-dealkylation sites (N-methyl/N-ethyl adjacent to an activating group) is 1. The average Bonchev–Trinajstić information content (AvgIpc) is 3.26. The van der Waals surface area contributed by atoms with Crippen molar-refractivity contribution in [1.82, 2.24) is 4.90 Å². The van der Waals surface area contributed by atoms with Crippen molar-refractivity contribution in [2.75, 3.05) is 12.4 Å². The third-order valence-electron chi connectivity index (χ3n) is 10.6. The van der Waals surface area contributed by atoms with Crippen LogP contribution in [0.5, 0.6) is 11.5 Å². The third-order valence-corrected chi connectivity index (χ3v) is 10.6. The van der Waals surface area contributed by atoms with Crippen molar-refractivity contribution in [2.45, 2.75) is 58.4 Å². The molecule has 0 saturated heterocycles. The van der Waals surface area contributed by atoms with Crippen molar-refractivity contribution in [3.05, 3.63) is 66.7 Å². The van der Waals surface area contributed by atoms with Crippen molar-refractivity contribution in [3.8, 4) is 11.5 Å². The van der Waals surface area contributed by atoms with Gasteiger partial charge < -0.3 is 15.0 Å². The molecule has 7 atom stereocenters. The topological polar surface area (TPSA) is 58.6 Å². The van der Waals surface area contributed by atoms with E-state index in [2.05, 4.69) is 25.2 Å². The van der Waals surface area contributed by atoms with Crippen molar-refractivity contribution < 1.29 is 14.3 Å². The van der Waals surface area contributed by atoms with Crippen LogP contribution in [0.2, 0.25) is 0 Å². The molecule has 5 nitrogen and oxygen atoms in total. The van der Waals surface area contributed by atoms with E-state index >= 15 is 0 Å². The largest absolute Gasteiger partial charge is 0.455 e. The summed E-state index contributed by atoms with van der Waals surface area (Å²) in [5, 5.41) is 3.25. The van der Waals surface area contributed by atoms with Crippen molar-refractivity contribution in [2.24, 2.45) is 34.5 Å². The number of rotatable bonds is 4. The molecule has 2 aromatic carbocycles. The Labute approximate surface area is 220 Å². The van der Waals surface area contributed by atoms with Crippen LogP contribution in [0, 0.1) is 34.5 Å². The summed E-state index contributed by atoms with van der Waals surface area (Å²) >= 11 is 0. The molecule has 4 aliphatic rings. The summed E-state index contributed by atoms with van der Waals surface area (Å²) in [5.74, 6) is 3.40. The maximum atomic E-state index is 13.8. The lowest BCUT2D eigenvalue weighted by Gasteiger charge is -2.60. The average molecular weight is 499 g/mol. The Bertz CT molecular complexity index is 1230. The second kappa shape index (κ2) is 9.04. The van der Waals surface area contributed by atoms with Gasteiger partial charge in [-0.25, -0.2) is 0 Å². The molecule has 194 valence electrons. The highest BCUT2D eigenvalue weighted by Gasteiger charge is 2.61. The van der Waals surface area contributed by atoms with Gasteiger partial charge in [0.25, 0.3) is 0 Å². The monoisotopic (exact) mass is 498 g/mol. The molecule has 37 heavy (non-hydrogen) atoms. The van der Waals surface area contributed by atoms with Gasteiger partial charge in [-0.05, 0) is 92.0 Å². The van der Waals surface area contributed by atoms with Gasteiger partial charge in [0.05, 0.1) is 5.69 Å². The minimum Gasteiger partial charge on any atom is -0.455 e. The van der Waals surface area contributed by atoms with Crippen LogP contribution in [-0.4, -0.2) is 29.8 Å². The Morgan fingerprint density at radius 3 is 2.51 bits per heavy atom. The van der Waals surface area contributed by atoms with Gasteiger partial charge in [0.15, 0.2) is 5.75 Å². The molecule has 1 aliphatic heterocycles. The highest BCUT2D eigenvalue weighted by molar-refractivity contribution is 5.94. The second-order valence-electron chi connectivity index (χ2n) is 12.2. The molecule has 0 bridgehead atoms. The number of para-hydroxylation sites is 3. The van der Waals surface area contributed by atoms with Gasteiger partial charge in [-0.3, -0.25) is 9.59 Å². The number of benzene rings is 2. The Kier molecular flexibility index (Phi) is 5.93. The molecule has 0 radical (unpaired) electrons. The molecule has 3 fully saturated rings. The number of hydrogen-bond donors (Lipinski definition) is 1. The van der Waals surface area contributed by atoms with Gasteiger partial charge in [0, 0.05) is 24.4 Å². The molecule has 0 aromatic heterocycles. The SMILES string of the molecule is CN1C(=O)C=C[C@@]2(C)C1CC[C@@H]1[C@H]2CC[C@]2(C)C(C(=O)Nc3ccccc3Oc3ccccc3)CC[C@@H]12. The molecule has 3 saturated carbocycles. The normalized spacial score (nSPS) is 36.4. The summed E-state index contributed by atoms with van der Waals surface area (Å²) in [5.41, 5.74) is 0.759. The van der Waals surface area contributed by atoms with E-state index < -0.39 is 0 Å². The predicted octanol–water partition coefficient (Wildman–Crippen LogP) is 6.67. The fraction of sp³-hybridized carbons (Fsp3) is 0.500. The highest BCUT2D eigenvalue weighted by Crippen LogP contribution is 2.65. The summed E-state index contributed by atoms with van der Waals surface area (Å²) in [4.78, 5) is 28.1. The van der Waals surface area contributed by atoms with Gasteiger partial charge >= 0.3 is 0 Å². The lowest BCUT2D eigenvalue weighted by molar-refractivity contribution is -0.141. The van der Waals surface area contributed by atoms with Gasteiger partial charge in [-0.1, -0.05) is 50.3 Å². The van der Waals surface area contributed by atoms with Gasteiger partial charge in [-0.2, -0.15) is 0 Å². The molecular weight excluding hydrogens is 460 g/mol. The van der Waals surface area contributed by atoms with Crippen LogP contribution >= 0.6 is 0 Å². The summed E-state index contributed by atoms with van der Waals surface area (Å²) in [7, 11) is 1.97. The molecule has 2 amide bonds. The first-order valence-corrected chi connectivity index (χ1v) is 13.9. The predicted molar refractivity (Wildman–Crippen MR) is 145 cm³/mol. The fourth-order valence-corrected chi connectivity index (χ4v) is 8.66. The first kappa shape index (κ1) is 24.3. The van der Waals surface area contributed by atoms with Gasteiger partial charge in [0.2, 0.25) is 11.8 Å². The summed E-state index contributed by atoms with van der Waals surface area (Å²) in [6.07, 6.45) is 10.5. The molecular formula is C32H38N2O3. The van der Waals surface area contributed by atoms with Crippen molar-refractivity contribution >= 4 is 17.5 Å². The number of anilines is 1. The Balaban J connectivity index is 1.21. The van der Waals surface area contributed by atoms with E-state index in [0.717, 1.165) is 50.0 Å². The highest BCUT2D eigenvalue weighted by atomic mass is 16.5. The van der Waals surface area contributed by atoms with E-state index in [4.69, 9.17) is 4.74 Å². The lowest BCUT2D eigenvalue weighted by atomic mass is 9.47. The Morgan fingerprint density at radius 2 is 1.70 bits per heavy atom. The molecule has 6 rings (SSSR count). The maximum absolute atomic E-state index is 13.8. The first-order valence-electron chi connectivity index (χ1n) is 13.9. The van der Waals surface area contributed by atoms with Crippen LogP contribution in [-0.2, 0) is 9.59 Å².